The maximum atomic E-state index is 11.9. The molecule has 0 amide bonds. The predicted molar refractivity (Wildman–Crippen MR) is 29.7 cm³/mol. The molecule has 2 nitrogen and oxygen atoms in total. The van der Waals surface area contributed by atoms with Gasteiger partial charge in [-0.15, -0.1) is 0 Å². The Morgan fingerprint density at radius 1 is 1.55 bits per heavy atom. The van der Waals surface area contributed by atoms with E-state index in [2.05, 4.69) is 4.74 Å². The van der Waals surface area contributed by atoms with Gasteiger partial charge in [0.15, 0.2) is 6.10 Å². The van der Waals surface area contributed by atoms with E-state index in [0.29, 0.717) is 0 Å². The van der Waals surface area contributed by atoms with Crippen molar-refractivity contribution in [2.75, 3.05) is 0 Å². The SMILES string of the molecule is C[C@H]1CC(=O)O[C@H]1C(F)(F)F. The van der Waals surface area contributed by atoms with Gasteiger partial charge in [0.1, 0.15) is 0 Å². The van der Waals surface area contributed by atoms with E-state index in [1.165, 1.54) is 6.92 Å². The monoisotopic (exact) mass is 168 g/mol. The van der Waals surface area contributed by atoms with Crippen LogP contribution in [-0.4, -0.2) is 18.2 Å². The number of hydrogen-bond acceptors (Lipinski definition) is 2. The Bertz CT molecular complexity index is 175. The minimum Gasteiger partial charge on any atom is -0.452 e. The van der Waals surface area contributed by atoms with Crippen LogP contribution in [0.4, 0.5) is 13.2 Å². The summed E-state index contributed by atoms with van der Waals surface area (Å²) in [6.45, 7) is 1.35. The molecule has 1 rings (SSSR count). The summed E-state index contributed by atoms with van der Waals surface area (Å²) < 4.78 is 39.8. The number of esters is 1. The van der Waals surface area contributed by atoms with Crippen LogP contribution in [0.3, 0.4) is 0 Å². The highest BCUT2D eigenvalue weighted by Crippen LogP contribution is 2.34. The lowest BCUT2D eigenvalue weighted by Gasteiger charge is -2.16. The number of cyclic esters (lactones) is 1. The van der Waals surface area contributed by atoms with Gasteiger partial charge in [-0.2, -0.15) is 13.2 Å². The Hall–Kier alpha value is -0.740. The number of carbonyl (C=O) groups excluding carboxylic acids is 1. The molecule has 1 fully saturated rings. The summed E-state index contributed by atoms with van der Waals surface area (Å²) in [5, 5.41) is 0. The molecule has 1 aliphatic rings. The van der Waals surface area contributed by atoms with Gasteiger partial charge in [0.25, 0.3) is 0 Å². The molecule has 64 valence electrons. The van der Waals surface area contributed by atoms with Gasteiger partial charge in [-0.3, -0.25) is 4.79 Å². The fraction of sp³-hybridized carbons (Fsp3) is 0.833. The molecule has 0 aromatic rings. The molecule has 0 aromatic carbocycles. The van der Waals surface area contributed by atoms with E-state index >= 15 is 0 Å². The number of carbonyl (C=O) groups is 1. The van der Waals surface area contributed by atoms with E-state index in [0.717, 1.165) is 0 Å². The lowest BCUT2D eigenvalue weighted by atomic mass is 10.0. The Balaban J connectivity index is 2.67. The van der Waals surface area contributed by atoms with Gasteiger partial charge in [0, 0.05) is 5.92 Å². The van der Waals surface area contributed by atoms with Gasteiger partial charge in [0.2, 0.25) is 0 Å². The lowest BCUT2D eigenvalue weighted by molar-refractivity contribution is -0.216. The van der Waals surface area contributed by atoms with Crippen molar-refractivity contribution in [2.24, 2.45) is 5.92 Å². The first-order valence-electron chi connectivity index (χ1n) is 3.17. The average Bonchev–Trinajstić information content (AvgIpc) is 2.08. The largest absolute Gasteiger partial charge is 0.452 e. The maximum absolute atomic E-state index is 11.9. The normalized spacial score (nSPS) is 32.2. The van der Waals surface area contributed by atoms with E-state index in [4.69, 9.17) is 0 Å². The molecule has 1 aliphatic heterocycles. The standard InChI is InChI=1S/C6H7F3O2/c1-3-2-4(10)11-5(3)6(7,8)9/h3,5H,2H2,1H3/t3-,5+/m0/s1. The van der Waals surface area contributed by atoms with Crippen molar-refractivity contribution in [3.05, 3.63) is 0 Å². The minimum absolute atomic E-state index is 0.135. The van der Waals surface area contributed by atoms with Gasteiger partial charge in [-0.1, -0.05) is 6.92 Å². The molecule has 2 atom stereocenters. The van der Waals surface area contributed by atoms with E-state index in [9.17, 15) is 18.0 Å². The van der Waals surface area contributed by atoms with Crippen LogP contribution in [0.2, 0.25) is 0 Å². The first kappa shape index (κ1) is 8.36. The number of alkyl halides is 3. The Morgan fingerprint density at radius 2 is 2.09 bits per heavy atom. The fourth-order valence-electron chi connectivity index (χ4n) is 1.07. The minimum atomic E-state index is -4.41. The molecule has 0 aromatic heterocycles. The predicted octanol–water partition coefficient (Wildman–Crippen LogP) is 1.50. The van der Waals surface area contributed by atoms with Crippen molar-refractivity contribution in [3.63, 3.8) is 0 Å². The van der Waals surface area contributed by atoms with E-state index in [1.807, 2.05) is 0 Å². The summed E-state index contributed by atoms with van der Waals surface area (Å²) in [5.74, 6) is -1.51. The number of hydrogen-bond donors (Lipinski definition) is 0. The molecule has 0 bridgehead atoms. The van der Waals surface area contributed by atoms with Crippen LogP contribution in [-0.2, 0) is 9.53 Å². The molecule has 1 saturated heterocycles. The molecule has 0 N–H and O–H groups in total. The summed E-state index contributed by atoms with van der Waals surface area (Å²) in [4.78, 5) is 10.4. The Labute approximate surface area is 61.3 Å². The maximum Gasteiger partial charge on any atom is 0.425 e. The summed E-state index contributed by atoms with van der Waals surface area (Å²) in [6, 6.07) is 0. The van der Waals surface area contributed by atoms with Crippen LogP contribution in [0.15, 0.2) is 0 Å². The van der Waals surface area contributed by atoms with Crippen LogP contribution >= 0.6 is 0 Å². The van der Waals surface area contributed by atoms with Crippen molar-refractivity contribution < 1.29 is 22.7 Å². The molecule has 0 saturated carbocycles. The Kier molecular flexibility index (Phi) is 1.82. The highest BCUT2D eigenvalue weighted by atomic mass is 19.4. The van der Waals surface area contributed by atoms with Gasteiger partial charge in [-0.05, 0) is 0 Å². The average molecular weight is 168 g/mol. The molecular weight excluding hydrogens is 161 g/mol. The third-order valence-electron chi connectivity index (χ3n) is 1.59. The number of ether oxygens (including phenoxy) is 1. The quantitative estimate of drug-likeness (QED) is 0.512. The second kappa shape index (κ2) is 2.39. The van der Waals surface area contributed by atoms with Crippen LogP contribution < -0.4 is 0 Å². The van der Waals surface area contributed by atoms with Crippen LogP contribution in [0.25, 0.3) is 0 Å². The second-order valence-electron chi connectivity index (χ2n) is 2.63. The molecule has 11 heavy (non-hydrogen) atoms. The summed E-state index contributed by atoms with van der Waals surface area (Å²) in [7, 11) is 0. The van der Waals surface area contributed by atoms with Crippen molar-refractivity contribution in [2.45, 2.75) is 25.6 Å². The first-order chi connectivity index (χ1) is 4.91. The molecule has 0 spiro atoms. The molecular formula is C6H7F3O2. The molecule has 1 heterocycles. The van der Waals surface area contributed by atoms with Gasteiger partial charge in [-0.25, -0.2) is 0 Å². The second-order valence-corrected chi connectivity index (χ2v) is 2.63. The fourth-order valence-corrected chi connectivity index (χ4v) is 1.07. The van der Waals surface area contributed by atoms with Crippen molar-refractivity contribution >= 4 is 5.97 Å². The van der Waals surface area contributed by atoms with Crippen molar-refractivity contribution in [1.29, 1.82) is 0 Å². The van der Waals surface area contributed by atoms with Crippen molar-refractivity contribution in [3.8, 4) is 0 Å². The van der Waals surface area contributed by atoms with E-state index < -0.39 is 24.2 Å². The molecule has 0 radical (unpaired) electrons. The zero-order valence-electron chi connectivity index (χ0n) is 5.81. The van der Waals surface area contributed by atoms with Gasteiger partial charge >= 0.3 is 12.1 Å². The lowest BCUT2D eigenvalue weighted by Crippen LogP contribution is -2.32. The van der Waals surface area contributed by atoms with Gasteiger partial charge < -0.3 is 4.74 Å². The summed E-state index contributed by atoms with van der Waals surface area (Å²) in [6.07, 6.45) is -6.44. The first-order valence-corrected chi connectivity index (χ1v) is 3.17. The van der Waals surface area contributed by atoms with Gasteiger partial charge in [0.05, 0.1) is 6.42 Å². The molecule has 0 unspecified atom stereocenters. The van der Waals surface area contributed by atoms with Crippen LogP contribution in [0.1, 0.15) is 13.3 Å². The number of halogens is 3. The summed E-state index contributed by atoms with van der Waals surface area (Å²) in [5.41, 5.74) is 0. The smallest absolute Gasteiger partial charge is 0.425 e. The topological polar surface area (TPSA) is 26.3 Å². The van der Waals surface area contributed by atoms with Crippen LogP contribution in [0.5, 0.6) is 0 Å². The molecule has 5 heteroatoms. The summed E-state index contributed by atoms with van der Waals surface area (Å²) >= 11 is 0. The third kappa shape index (κ3) is 1.64. The third-order valence-corrected chi connectivity index (χ3v) is 1.59. The number of rotatable bonds is 0. The van der Waals surface area contributed by atoms with Crippen LogP contribution in [0, 0.1) is 5.92 Å². The highest BCUT2D eigenvalue weighted by molar-refractivity contribution is 5.72. The highest BCUT2D eigenvalue weighted by Gasteiger charge is 2.50. The zero-order chi connectivity index (χ0) is 8.65. The van der Waals surface area contributed by atoms with E-state index in [-0.39, 0.29) is 6.42 Å². The van der Waals surface area contributed by atoms with E-state index in [1.54, 1.807) is 0 Å². The molecule has 0 aliphatic carbocycles. The Morgan fingerprint density at radius 3 is 2.27 bits per heavy atom. The van der Waals surface area contributed by atoms with Crippen molar-refractivity contribution in [1.82, 2.24) is 0 Å². The zero-order valence-corrected chi connectivity index (χ0v) is 5.81.